The topological polar surface area (TPSA) is 44.9 Å². The van der Waals surface area contributed by atoms with Crippen LogP contribution in [0.15, 0.2) is 48.7 Å². The average molecular weight is 272 g/mol. The lowest BCUT2D eigenvalue weighted by Crippen LogP contribution is -2.12. The highest BCUT2D eigenvalue weighted by molar-refractivity contribution is 6.12. The van der Waals surface area contributed by atoms with Crippen LogP contribution in [-0.4, -0.2) is 10.9 Å². The molecule has 0 atom stereocenters. The van der Waals surface area contributed by atoms with Gasteiger partial charge < -0.3 is 10.3 Å². The van der Waals surface area contributed by atoms with Gasteiger partial charge >= 0.3 is 0 Å². The van der Waals surface area contributed by atoms with E-state index in [1.54, 1.807) is 24.4 Å². The lowest BCUT2D eigenvalue weighted by Gasteiger charge is -2.06. The van der Waals surface area contributed by atoms with Crippen molar-refractivity contribution in [2.75, 3.05) is 5.32 Å². The normalized spacial score (nSPS) is 10.7. The number of aromatic amines is 1. The maximum Gasteiger partial charge on any atom is 0.256 e. The second-order valence-electron chi connectivity index (χ2n) is 4.36. The Hall–Kier alpha value is -2.69. The molecule has 0 aliphatic rings. The third kappa shape index (κ3) is 2.25. The standard InChI is InChI=1S/C15H10F2N2O/c16-9-6-10(17)8-11(7-9)19-15(20)13-2-1-3-14-12(13)4-5-18-14/h1-8,18H,(H,19,20). The van der Waals surface area contributed by atoms with E-state index in [4.69, 9.17) is 0 Å². The zero-order chi connectivity index (χ0) is 14.1. The summed E-state index contributed by atoms with van der Waals surface area (Å²) >= 11 is 0. The van der Waals surface area contributed by atoms with E-state index in [1.165, 1.54) is 0 Å². The average Bonchev–Trinajstić information content (AvgIpc) is 2.85. The second kappa shape index (κ2) is 4.77. The van der Waals surface area contributed by atoms with E-state index < -0.39 is 17.5 Å². The van der Waals surface area contributed by atoms with Crippen molar-refractivity contribution in [3.05, 3.63) is 65.9 Å². The number of carbonyl (C=O) groups excluding carboxylic acids is 1. The fourth-order valence-electron chi connectivity index (χ4n) is 2.11. The van der Waals surface area contributed by atoms with E-state index in [1.807, 2.05) is 6.07 Å². The van der Waals surface area contributed by atoms with Crippen LogP contribution in [-0.2, 0) is 0 Å². The molecule has 5 heteroatoms. The highest BCUT2D eigenvalue weighted by atomic mass is 19.1. The van der Waals surface area contributed by atoms with Crippen molar-refractivity contribution in [2.45, 2.75) is 0 Å². The molecule has 1 heterocycles. The Labute approximate surface area is 113 Å². The van der Waals surface area contributed by atoms with E-state index in [0.717, 1.165) is 29.1 Å². The number of H-pyrrole nitrogens is 1. The Balaban J connectivity index is 1.95. The summed E-state index contributed by atoms with van der Waals surface area (Å²) in [4.78, 5) is 15.2. The SMILES string of the molecule is O=C(Nc1cc(F)cc(F)c1)c1cccc2[nH]ccc12. The highest BCUT2D eigenvalue weighted by Gasteiger charge is 2.11. The fourth-order valence-corrected chi connectivity index (χ4v) is 2.11. The van der Waals surface area contributed by atoms with Gasteiger partial charge in [-0.2, -0.15) is 0 Å². The van der Waals surface area contributed by atoms with Gasteiger partial charge in [0, 0.05) is 34.4 Å². The van der Waals surface area contributed by atoms with Crippen LogP contribution in [0.3, 0.4) is 0 Å². The van der Waals surface area contributed by atoms with Gasteiger partial charge in [-0.1, -0.05) is 6.07 Å². The van der Waals surface area contributed by atoms with Crippen molar-refractivity contribution in [3.63, 3.8) is 0 Å². The number of amides is 1. The molecule has 0 aliphatic heterocycles. The molecule has 2 aromatic carbocycles. The van der Waals surface area contributed by atoms with Crippen molar-refractivity contribution < 1.29 is 13.6 Å². The number of halogens is 2. The number of hydrogen-bond acceptors (Lipinski definition) is 1. The molecule has 0 radical (unpaired) electrons. The van der Waals surface area contributed by atoms with Crippen LogP contribution in [0.4, 0.5) is 14.5 Å². The smallest absolute Gasteiger partial charge is 0.256 e. The zero-order valence-corrected chi connectivity index (χ0v) is 10.3. The van der Waals surface area contributed by atoms with E-state index in [-0.39, 0.29) is 5.69 Å². The quantitative estimate of drug-likeness (QED) is 0.734. The van der Waals surface area contributed by atoms with Crippen molar-refractivity contribution in [2.24, 2.45) is 0 Å². The fraction of sp³-hybridized carbons (Fsp3) is 0. The molecule has 0 spiro atoms. The molecule has 0 saturated heterocycles. The first kappa shape index (κ1) is 12.3. The summed E-state index contributed by atoms with van der Waals surface area (Å²) in [7, 11) is 0. The molecule has 3 rings (SSSR count). The molecular formula is C15H10F2N2O. The molecule has 0 fully saturated rings. The lowest BCUT2D eigenvalue weighted by molar-refractivity contribution is 0.102. The maximum atomic E-state index is 13.1. The van der Waals surface area contributed by atoms with Crippen LogP contribution in [0.5, 0.6) is 0 Å². The number of fused-ring (bicyclic) bond motifs is 1. The summed E-state index contributed by atoms with van der Waals surface area (Å²) in [6, 6.07) is 9.89. The third-order valence-corrected chi connectivity index (χ3v) is 2.96. The number of carbonyl (C=O) groups is 1. The Morgan fingerprint density at radius 3 is 2.55 bits per heavy atom. The summed E-state index contributed by atoms with van der Waals surface area (Å²) in [6.45, 7) is 0. The zero-order valence-electron chi connectivity index (χ0n) is 10.3. The Morgan fingerprint density at radius 1 is 1.05 bits per heavy atom. The van der Waals surface area contributed by atoms with Gasteiger partial charge in [0.25, 0.3) is 5.91 Å². The first-order valence-electron chi connectivity index (χ1n) is 5.97. The Morgan fingerprint density at radius 2 is 1.80 bits per heavy atom. The van der Waals surface area contributed by atoms with E-state index in [2.05, 4.69) is 10.3 Å². The molecule has 0 aliphatic carbocycles. The number of nitrogens with one attached hydrogen (secondary N) is 2. The number of rotatable bonds is 2. The molecule has 3 aromatic rings. The van der Waals surface area contributed by atoms with Crippen LogP contribution in [0.1, 0.15) is 10.4 Å². The van der Waals surface area contributed by atoms with Gasteiger partial charge in [0.2, 0.25) is 0 Å². The van der Waals surface area contributed by atoms with E-state index in [0.29, 0.717) is 5.56 Å². The van der Waals surface area contributed by atoms with Gasteiger partial charge in [-0.15, -0.1) is 0 Å². The van der Waals surface area contributed by atoms with Gasteiger partial charge in [0.1, 0.15) is 11.6 Å². The molecule has 1 aromatic heterocycles. The van der Waals surface area contributed by atoms with Gasteiger partial charge in [0.05, 0.1) is 0 Å². The van der Waals surface area contributed by atoms with Crippen LogP contribution < -0.4 is 5.32 Å². The summed E-state index contributed by atoms with van der Waals surface area (Å²) in [6.07, 6.45) is 1.73. The minimum absolute atomic E-state index is 0.0834. The maximum absolute atomic E-state index is 13.1. The molecule has 2 N–H and O–H groups in total. The van der Waals surface area contributed by atoms with Gasteiger partial charge in [0.15, 0.2) is 0 Å². The van der Waals surface area contributed by atoms with E-state index in [9.17, 15) is 13.6 Å². The monoisotopic (exact) mass is 272 g/mol. The minimum Gasteiger partial charge on any atom is -0.361 e. The van der Waals surface area contributed by atoms with Gasteiger partial charge in [-0.25, -0.2) is 8.78 Å². The van der Waals surface area contributed by atoms with Crippen LogP contribution in [0, 0.1) is 11.6 Å². The summed E-state index contributed by atoms with van der Waals surface area (Å²) in [5.74, 6) is -1.89. The minimum atomic E-state index is -0.736. The lowest BCUT2D eigenvalue weighted by atomic mass is 10.1. The first-order valence-corrected chi connectivity index (χ1v) is 5.97. The third-order valence-electron chi connectivity index (χ3n) is 2.96. The Bertz CT molecular complexity index is 775. The second-order valence-corrected chi connectivity index (χ2v) is 4.36. The molecule has 0 saturated carbocycles. The van der Waals surface area contributed by atoms with Gasteiger partial charge in [-0.3, -0.25) is 4.79 Å². The summed E-state index contributed by atoms with van der Waals surface area (Å²) < 4.78 is 26.2. The van der Waals surface area contributed by atoms with Crippen LogP contribution >= 0.6 is 0 Å². The highest BCUT2D eigenvalue weighted by Crippen LogP contribution is 2.20. The van der Waals surface area contributed by atoms with Crippen molar-refractivity contribution in [1.82, 2.24) is 4.98 Å². The molecule has 3 nitrogen and oxygen atoms in total. The van der Waals surface area contributed by atoms with Crippen molar-refractivity contribution >= 4 is 22.5 Å². The molecule has 1 amide bonds. The predicted molar refractivity (Wildman–Crippen MR) is 72.6 cm³/mol. The van der Waals surface area contributed by atoms with Crippen LogP contribution in [0.2, 0.25) is 0 Å². The van der Waals surface area contributed by atoms with Crippen LogP contribution in [0.25, 0.3) is 10.9 Å². The molecule has 0 bridgehead atoms. The number of anilines is 1. The molecule has 100 valence electrons. The number of hydrogen-bond donors (Lipinski definition) is 2. The largest absolute Gasteiger partial charge is 0.361 e. The predicted octanol–water partition coefficient (Wildman–Crippen LogP) is 3.70. The van der Waals surface area contributed by atoms with Crippen molar-refractivity contribution in [3.8, 4) is 0 Å². The summed E-state index contributed by atoms with van der Waals surface area (Å²) in [5, 5.41) is 3.24. The molecular weight excluding hydrogens is 262 g/mol. The Kier molecular flexibility index (Phi) is 2.95. The molecule has 0 unspecified atom stereocenters. The number of aromatic nitrogens is 1. The van der Waals surface area contributed by atoms with E-state index >= 15 is 0 Å². The van der Waals surface area contributed by atoms with Gasteiger partial charge in [-0.05, 0) is 30.3 Å². The summed E-state index contributed by atoms with van der Waals surface area (Å²) in [5.41, 5.74) is 1.34. The molecule has 20 heavy (non-hydrogen) atoms. The van der Waals surface area contributed by atoms with Crippen molar-refractivity contribution in [1.29, 1.82) is 0 Å². The number of benzene rings is 2. The first-order chi connectivity index (χ1) is 9.63.